The van der Waals surface area contributed by atoms with Gasteiger partial charge >= 0.3 is 0 Å². The molecule has 0 amide bonds. The highest BCUT2D eigenvalue weighted by Gasteiger charge is 2.24. The van der Waals surface area contributed by atoms with Crippen molar-refractivity contribution in [3.8, 4) is 5.69 Å². The first-order valence-electron chi connectivity index (χ1n) is 9.02. The second kappa shape index (κ2) is 8.99. The number of methoxy groups -OCH3 is 1. The summed E-state index contributed by atoms with van der Waals surface area (Å²) in [6.45, 7) is 9.33. The van der Waals surface area contributed by atoms with Gasteiger partial charge in [0.05, 0.1) is 11.8 Å². The van der Waals surface area contributed by atoms with E-state index in [9.17, 15) is 4.39 Å². The normalized spacial score (nSPS) is 13.5. The molecule has 1 aromatic heterocycles. The summed E-state index contributed by atoms with van der Waals surface area (Å²) in [6.07, 6.45) is 3.45. The van der Waals surface area contributed by atoms with Gasteiger partial charge < -0.3 is 19.9 Å². The van der Waals surface area contributed by atoms with Gasteiger partial charge in [-0.05, 0) is 30.0 Å². The summed E-state index contributed by atoms with van der Waals surface area (Å²) < 4.78 is 21.8. The molecule has 2 N–H and O–H groups in total. The van der Waals surface area contributed by atoms with E-state index in [2.05, 4.69) is 41.4 Å². The summed E-state index contributed by atoms with van der Waals surface area (Å²) >= 11 is 0. The highest BCUT2D eigenvalue weighted by Crippen LogP contribution is 2.21. The zero-order valence-corrected chi connectivity index (χ0v) is 17.0. The number of hydrogen-bond acceptors (Lipinski definition) is 3. The highest BCUT2D eigenvalue weighted by molar-refractivity contribution is 5.79. The Hall–Kier alpha value is -2.41. The fourth-order valence-electron chi connectivity index (χ4n) is 2.83. The Kier molecular flexibility index (Phi) is 6.96. The Labute approximate surface area is 160 Å². The molecular weight excluding hydrogens is 345 g/mol. The number of halogens is 1. The third kappa shape index (κ3) is 5.53. The smallest absolute Gasteiger partial charge is 0.191 e. The molecule has 2 rings (SSSR count). The standard InChI is InChI=1S/C20H30FN5O/c1-14-23-9-10-26(14)17-8-7-15(11-16(17)21)12-24-19(22-5)25-13-18(27-6)20(2,3)4/h7-11,18H,12-13H2,1-6H3,(H2,22,24,25). The minimum Gasteiger partial charge on any atom is -0.379 e. The molecule has 2 aromatic rings. The van der Waals surface area contributed by atoms with E-state index in [1.165, 1.54) is 6.07 Å². The van der Waals surface area contributed by atoms with E-state index in [1.807, 2.05) is 13.0 Å². The topological polar surface area (TPSA) is 63.5 Å². The van der Waals surface area contributed by atoms with Crippen LogP contribution in [0.15, 0.2) is 35.6 Å². The van der Waals surface area contributed by atoms with Crippen molar-refractivity contribution >= 4 is 5.96 Å². The van der Waals surface area contributed by atoms with Gasteiger partial charge in [-0.3, -0.25) is 4.99 Å². The molecule has 0 fully saturated rings. The van der Waals surface area contributed by atoms with Crippen molar-refractivity contribution in [1.29, 1.82) is 0 Å². The molecule has 0 saturated heterocycles. The van der Waals surface area contributed by atoms with E-state index in [1.54, 1.807) is 37.2 Å². The molecule has 0 aliphatic heterocycles. The number of imidazole rings is 1. The quantitative estimate of drug-likeness (QED) is 0.602. The molecule has 1 heterocycles. The number of guanidine groups is 1. The molecule has 0 saturated carbocycles. The third-order valence-corrected chi connectivity index (χ3v) is 4.49. The van der Waals surface area contributed by atoms with E-state index in [0.29, 0.717) is 24.7 Å². The maximum atomic E-state index is 14.5. The van der Waals surface area contributed by atoms with E-state index in [0.717, 1.165) is 11.4 Å². The number of aryl methyl sites for hydroxylation is 1. The van der Waals surface area contributed by atoms with Crippen LogP contribution in [0.1, 0.15) is 32.2 Å². The van der Waals surface area contributed by atoms with E-state index < -0.39 is 0 Å². The van der Waals surface area contributed by atoms with Crippen molar-refractivity contribution in [2.24, 2.45) is 10.4 Å². The van der Waals surface area contributed by atoms with Crippen LogP contribution in [0.25, 0.3) is 5.69 Å². The number of benzene rings is 1. The first-order chi connectivity index (χ1) is 12.8. The number of aliphatic imine (C=N–C) groups is 1. The highest BCUT2D eigenvalue weighted by atomic mass is 19.1. The summed E-state index contributed by atoms with van der Waals surface area (Å²) in [7, 11) is 3.42. The first-order valence-corrected chi connectivity index (χ1v) is 9.02. The van der Waals surface area contributed by atoms with Gasteiger partial charge in [-0.1, -0.05) is 26.8 Å². The largest absolute Gasteiger partial charge is 0.379 e. The molecule has 6 nitrogen and oxygen atoms in total. The second-order valence-electron chi connectivity index (χ2n) is 7.53. The molecule has 148 valence electrons. The number of nitrogens with zero attached hydrogens (tertiary/aromatic N) is 3. The van der Waals surface area contributed by atoms with Gasteiger partial charge in [-0.2, -0.15) is 0 Å². The maximum Gasteiger partial charge on any atom is 0.191 e. The summed E-state index contributed by atoms with van der Waals surface area (Å²) in [6, 6.07) is 5.19. The van der Waals surface area contributed by atoms with E-state index in [4.69, 9.17) is 4.74 Å². The molecule has 0 spiro atoms. The molecular formula is C20H30FN5O. The van der Waals surface area contributed by atoms with Gasteiger partial charge in [-0.25, -0.2) is 9.37 Å². The molecule has 1 atom stereocenters. The number of nitrogens with one attached hydrogen (secondary N) is 2. The van der Waals surface area contributed by atoms with Crippen molar-refractivity contribution in [2.75, 3.05) is 20.7 Å². The molecule has 1 aromatic carbocycles. The molecule has 0 bridgehead atoms. The van der Waals surface area contributed by atoms with Crippen LogP contribution in [-0.4, -0.2) is 42.3 Å². The number of ether oxygens (including phenoxy) is 1. The number of rotatable bonds is 6. The zero-order valence-electron chi connectivity index (χ0n) is 17.0. The Morgan fingerprint density at radius 1 is 1.33 bits per heavy atom. The van der Waals surface area contributed by atoms with Gasteiger partial charge in [0, 0.05) is 39.6 Å². The Bertz CT molecular complexity index is 779. The predicted octanol–water partition coefficient (Wildman–Crippen LogP) is 3.05. The zero-order chi connectivity index (χ0) is 20.0. The molecule has 0 aliphatic carbocycles. The van der Waals surface area contributed by atoms with Crippen LogP contribution < -0.4 is 10.6 Å². The molecule has 0 radical (unpaired) electrons. The van der Waals surface area contributed by atoms with E-state index >= 15 is 0 Å². The Morgan fingerprint density at radius 3 is 2.59 bits per heavy atom. The minimum absolute atomic E-state index is 0.0189. The predicted molar refractivity (Wildman–Crippen MR) is 107 cm³/mol. The van der Waals surface area contributed by atoms with Gasteiger partial charge in [0.1, 0.15) is 11.6 Å². The first kappa shape index (κ1) is 20.9. The second-order valence-corrected chi connectivity index (χ2v) is 7.53. The van der Waals surface area contributed by atoms with E-state index in [-0.39, 0.29) is 17.3 Å². The molecule has 27 heavy (non-hydrogen) atoms. The Balaban J connectivity index is 1.97. The van der Waals surface area contributed by atoms with Crippen LogP contribution >= 0.6 is 0 Å². The third-order valence-electron chi connectivity index (χ3n) is 4.49. The lowest BCUT2D eigenvalue weighted by atomic mass is 9.89. The average molecular weight is 375 g/mol. The minimum atomic E-state index is -0.287. The van der Waals surface area contributed by atoms with Crippen molar-refractivity contribution in [1.82, 2.24) is 20.2 Å². The van der Waals surface area contributed by atoms with Gasteiger partial charge in [0.25, 0.3) is 0 Å². The van der Waals surface area contributed by atoms with Crippen molar-refractivity contribution in [3.63, 3.8) is 0 Å². The average Bonchev–Trinajstić information content (AvgIpc) is 3.02. The summed E-state index contributed by atoms with van der Waals surface area (Å²) in [4.78, 5) is 8.35. The van der Waals surface area contributed by atoms with Crippen molar-refractivity contribution < 1.29 is 9.13 Å². The fraction of sp³-hybridized carbons (Fsp3) is 0.500. The molecule has 1 unspecified atom stereocenters. The van der Waals surface area contributed by atoms with Crippen molar-refractivity contribution in [3.05, 3.63) is 47.8 Å². The van der Waals surface area contributed by atoms with Gasteiger partial charge in [0.2, 0.25) is 0 Å². The van der Waals surface area contributed by atoms with Crippen molar-refractivity contribution in [2.45, 2.75) is 40.3 Å². The van der Waals surface area contributed by atoms with Crippen LogP contribution in [-0.2, 0) is 11.3 Å². The monoisotopic (exact) mass is 375 g/mol. The lowest BCUT2D eigenvalue weighted by molar-refractivity contribution is 0.0205. The van der Waals surface area contributed by atoms with Crippen LogP contribution in [0.2, 0.25) is 0 Å². The lowest BCUT2D eigenvalue weighted by Gasteiger charge is -2.30. The Morgan fingerprint density at radius 2 is 2.07 bits per heavy atom. The SMILES string of the molecule is CN=C(NCc1ccc(-n2ccnc2C)c(F)c1)NCC(OC)C(C)(C)C. The molecule has 0 aliphatic rings. The van der Waals surface area contributed by atoms with Gasteiger partial charge in [0.15, 0.2) is 5.96 Å². The summed E-state index contributed by atoms with van der Waals surface area (Å²) in [5.41, 5.74) is 1.34. The number of aromatic nitrogens is 2. The van der Waals surface area contributed by atoms with Crippen LogP contribution in [0.3, 0.4) is 0 Å². The maximum absolute atomic E-state index is 14.5. The van der Waals surface area contributed by atoms with Crippen LogP contribution in [0, 0.1) is 18.2 Å². The van der Waals surface area contributed by atoms with Gasteiger partial charge in [-0.15, -0.1) is 0 Å². The summed E-state index contributed by atoms with van der Waals surface area (Å²) in [5, 5.41) is 6.47. The molecule has 7 heteroatoms. The summed E-state index contributed by atoms with van der Waals surface area (Å²) in [5.74, 6) is 1.11. The van der Waals surface area contributed by atoms with Crippen LogP contribution in [0.4, 0.5) is 4.39 Å². The van der Waals surface area contributed by atoms with Crippen LogP contribution in [0.5, 0.6) is 0 Å². The lowest BCUT2D eigenvalue weighted by Crippen LogP contribution is -2.45. The number of hydrogen-bond donors (Lipinski definition) is 2. The fourth-order valence-corrected chi connectivity index (χ4v) is 2.83.